The number of benzene rings is 3. The van der Waals surface area contributed by atoms with Gasteiger partial charge in [-0.15, -0.1) is 0 Å². The molecule has 9 nitrogen and oxygen atoms in total. The fourth-order valence-electron chi connectivity index (χ4n) is 3.95. The second-order valence-corrected chi connectivity index (χ2v) is 8.23. The average molecular weight is 501 g/mol. The van der Waals surface area contributed by atoms with Gasteiger partial charge in [-0.2, -0.15) is 0 Å². The molecule has 0 aliphatic carbocycles. The number of aliphatic carboxylic acids is 1. The molecule has 0 saturated carbocycles. The van der Waals surface area contributed by atoms with Crippen LogP contribution in [-0.2, 0) is 9.59 Å². The Kier molecular flexibility index (Phi) is 8.05. The van der Waals surface area contributed by atoms with E-state index in [1.807, 2.05) is 54.6 Å². The predicted molar refractivity (Wildman–Crippen MR) is 143 cm³/mol. The van der Waals surface area contributed by atoms with Crippen molar-refractivity contribution < 1.29 is 24.2 Å². The number of para-hydroxylation sites is 1. The number of rotatable bonds is 11. The Hall–Kier alpha value is -4.79. The molecule has 0 aromatic heterocycles. The number of ether oxygens (including phenoxy) is 2. The minimum atomic E-state index is -1.38. The SMILES string of the molecule is COc1ccc(NC2=C(C(=N)C(=O)O)CCN(c3cccc(NCCOc4ccccc4)c3)C2=O)cc1. The number of carboxylic acid groups (broad SMARTS) is 1. The highest BCUT2D eigenvalue weighted by atomic mass is 16.5. The summed E-state index contributed by atoms with van der Waals surface area (Å²) in [4.78, 5) is 26.7. The molecule has 3 aromatic rings. The van der Waals surface area contributed by atoms with Crippen molar-refractivity contribution in [3.05, 3.63) is 90.1 Å². The third-order valence-corrected chi connectivity index (χ3v) is 5.82. The Labute approximate surface area is 214 Å². The van der Waals surface area contributed by atoms with Gasteiger partial charge < -0.3 is 30.1 Å². The summed E-state index contributed by atoms with van der Waals surface area (Å²) in [6.45, 7) is 1.28. The van der Waals surface area contributed by atoms with E-state index < -0.39 is 17.6 Å². The van der Waals surface area contributed by atoms with Gasteiger partial charge >= 0.3 is 5.97 Å². The Morgan fingerprint density at radius 3 is 2.46 bits per heavy atom. The van der Waals surface area contributed by atoms with Crippen LogP contribution in [0.4, 0.5) is 17.1 Å². The van der Waals surface area contributed by atoms with E-state index in [9.17, 15) is 14.7 Å². The number of amides is 1. The van der Waals surface area contributed by atoms with E-state index in [0.717, 1.165) is 11.4 Å². The van der Waals surface area contributed by atoms with Crippen LogP contribution in [0.5, 0.6) is 11.5 Å². The van der Waals surface area contributed by atoms with Crippen LogP contribution in [0, 0.1) is 5.41 Å². The van der Waals surface area contributed by atoms with Gasteiger partial charge in [-0.05, 0) is 61.0 Å². The second kappa shape index (κ2) is 11.8. The molecule has 1 aliphatic rings. The summed E-state index contributed by atoms with van der Waals surface area (Å²) in [7, 11) is 1.55. The zero-order chi connectivity index (χ0) is 26.2. The molecule has 0 unspecified atom stereocenters. The zero-order valence-corrected chi connectivity index (χ0v) is 20.4. The van der Waals surface area contributed by atoms with E-state index in [1.54, 1.807) is 36.3 Å². The van der Waals surface area contributed by atoms with Crippen LogP contribution in [0.3, 0.4) is 0 Å². The highest BCUT2D eigenvalue weighted by Crippen LogP contribution is 2.29. The fourth-order valence-corrected chi connectivity index (χ4v) is 3.95. The number of nitrogens with one attached hydrogen (secondary N) is 3. The molecule has 1 heterocycles. The maximum absolute atomic E-state index is 13.6. The molecule has 0 fully saturated rings. The maximum Gasteiger partial charge on any atom is 0.354 e. The molecule has 0 saturated heterocycles. The van der Waals surface area contributed by atoms with Crippen LogP contribution in [0.25, 0.3) is 0 Å². The first-order chi connectivity index (χ1) is 18.0. The molecule has 1 aliphatic heterocycles. The predicted octanol–water partition coefficient (Wildman–Crippen LogP) is 4.39. The van der Waals surface area contributed by atoms with E-state index >= 15 is 0 Å². The first-order valence-corrected chi connectivity index (χ1v) is 11.8. The molecule has 0 radical (unpaired) electrons. The monoisotopic (exact) mass is 500 g/mol. The molecule has 1 amide bonds. The number of anilines is 3. The van der Waals surface area contributed by atoms with E-state index in [-0.39, 0.29) is 24.2 Å². The molecular formula is C28H28N4O5. The minimum absolute atomic E-state index is 0.0680. The third kappa shape index (κ3) is 6.26. The number of hydrogen-bond acceptors (Lipinski definition) is 7. The lowest BCUT2D eigenvalue weighted by atomic mass is 9.98. The van der Waals surface area contributed by atoms with Crippen LogP contribution in [-0.4, -0.2) is 49.5 Å². The number of carbonyl (C=O) groups is 2. The highest BCUT2D eigenvalue weighted by molar-refractivity contribution is 6.42. The summed E-state index contributed by atoms with van der Waals surface area (Å²) in [5, 5.41) is 23.8. The lowest BCUT2D eigenvalue weighted by Gasteiger charge is -2.31. The van der Waals surface area contributed by atoms with Gasteiger partial charge in [0.15, 0.2) is 0 Å². The Morgan fingerprint density at radius 2 is 1.76 bits per heavy atom. The first kappa shape index (κ1) is 25.3. The second-order valence-electron chi connectivity index (χ2n) is 8.23. The molecule has 37 heavy (non-hydrogen) atoms. The van der Waals surface area contributed by atoms with Gasteiger partial charge in [-0.25, -0.2) is 4.79 Å². The number of carboxylic acids is 1. The topological polar surface area (TPSA) is 124 Å². The highest BCUT2D eigenvalue weighted by Gasteiger charge is 2.32. The molecule has 9 heteroatoms. The smallest absolute Gasteiger partial charge is 0.354 e. The van der Waals surface area contributed by atoms with E-state index in [1.165, 1.54) is 0 Å². The molecule has 3 aromatic carbocycles. The van der Waals surface area contributed by atoms with E-state index in [0.29, 0.717) is 30.3 Å². The standard InChI is InChI=1S/C28H28N4O5/c1-36-22-12-10-19(11-13-22)31-26-24(25(29)28(34)35)14-16-32(27(26)33)21-7-5-6-20(18-21)30-15-17-37-23-8-3-2-4-9-23/h2-13,18,29-31H,14-17H2,1H3,(H,34,35). The van der Waals surface area contributed by atoms with Gasteiger partial charge in [0.1, 0.15) is 29.5 Å². The van der Waals surface area contributed by atoms with Crippen LogP contribution >= 0.6 is 0 Å². The average Bonchev–Trinajstić information content (AvgIpc) is 2.93. The molecule has 0 atom stereocenters. The number of nitrogens with zero attached hydrogens (tertiary/aromatic N) is 1. The zero-order valence-electron chi connectivity index (χ0n) is 20.4. The summed E-state index contributed by atoms with van der Waals surface area (Å²) in [6, 6.07) is 23.9. The van der Waals surface area contributed by atoms with Crippen molar-refractivity contribution in [1.29, 1.82) is 5.41 Å². The number of hydrogen-bond donors (Lipinski definition) is 4. The quantitative estimate of drug-likeness (QED) is 0.227. The Balaban J connectivity index is 1.50. The molecule has 4 rings (SSSR count). The van der Waals surface area contributed by atoms with Crippen LogP contribution in [0.2, 0.25) is 0 Å². The lowest BCUT2D eigenvalue weighted by molar-refractivity contribution is -0.129. The van der Waals surface area contributed by atoms with Gasteiger partial charge in [0.25, 0.3) is 5.91 Å². The molecule has 0 bridgehead atoms. The van der Waals surface area contributed by atoms with E-state index in [2.05, 4.69) is 10.6 Å². The maximum atomic E-state index is 13.6. The first-order valence-electron chi connectivity index (χ1n) is 11.8. The summed E-state index contributed by atoms with van der Waals surface area (Å²) in [6.07, 6.45) is 0.220. The van der Waals surface area contributed by atoms with Crippen LogP contribution in [0.15, 0.2) is 90.1 Å². The van der Waals surface area contributed by atoms with Gasteiger partial charge in [0.05, 0.1) is 7.11 Å². The van der Waals surface area contributed by atoms with Crippen molar-refractivity contribution in [2.75, 3.05) is 42.3 Å². The van der Waals surface area contributed by atoms with Gasteiger partial charge in [-0.1, -0.05) is 24.3 Å². The number of methoxy groups -OCH3 is 1. The summed E-state index contributed by atoms with van der Waals surface area (Å²) in [5.74, 6) is -0.349. The Bertz CT molecular complexity index is 1310. The van der Waals surface area contributed by atoms with Crippen molar-refractivity contribution in [3.63, 3.8) is 0 Å². The normalized spacial score (nSPS) is 13.2. The third-order valence-electron chi connectivity index (χ3n) is 5.82. The summed E-state index contributed by atoms with van der Waals surface area (Å²) < 4.78 is 10.9. The largest absolute Gasteiger partial charge is 0.497 e. The molecule has 190 valence electrons. The van der Waals surface area contributed by atoms with Crippen molar-refractivity contribution in [2.45, 2.75) is 6.42 Å². The van der Waals surface area contributed by atoms with Crippen molar-refractivity contribution in [3.8, 4) is 11.5 Å². The van der Waals surface area contributed by atoms with Crippen molar-refractivity contribution in [1.82, 2.24) is 0 Å². The van der Waals surface area contributed by atoms with Gasteiger partial charge in [-0.3, -0.25) is 10.2 Å². The summed E-state index contributed by atoms with van der Waals surface area (Å²) in [5.41, 5.74) is 1.69. The van der Waals surface area contributed by atoms with E-state index in [4.69, 9.17) is 14.9 Å². The summed E-state index contributed by atoms with van der Waals surface area (Å²) >= 11 is 0. The van der Waals surface area contributed by atoms with Crippen LogP contribution in [0.1, 0.15) is 6.42 Å². The van der Waals surface area contributed by atoms with Gasteiger partial charge in [0, 0.05) is 35.7 Å². The van der Waals surface area contributed by atoms with Gasteiger partial charge in [0.2, 0.25) is 0 Å². The molecule has 0 spiro atoms. The van der Waals surface area contributed by atoms with Crippen molar-refractivity contribution in [2.24, 2.45) is 0 Å². The number of carbonyl (C=O) groups excluding carboxylic acids is 1. The minimum Gasteiger partial charge on any atom is -0.497 e. The lowest BCUT2D eigenvalue weighted by Crippen LogP contribution is -2.41. The molecule has 4 N–H and O–H groups in total. The Morgan fingerprint density at radius 1 is 1.00 bits per heavy atom. The molecular weight excluding hydrogens is 472 g/mol. The van der Waals surface area contributed by atoms with Crippen molar-refractivity contribution >= 4 is 34.7 Å². The fraction of sp³-hybridized carbons (Fsp3) is 0.179. The van der Waals surface area contributed by atoms with Crippen LogP contribution < -0.4 is 25.0 Å².